The predicted octanol–water partition coefficient (Wildman–Crippen LogP) is 2.13. The zero-order valence-electron chi connectivity index (χ0n) is 13.1. The topological polar surface area (TPSA) is 47.7 Å². The molecule has 1 N–H and O–H groups in total. The molecule has 2 aromatic rings. The maximum Gasteiger partial charge on any atom is 0.0946 e. The van der Waals surface area contributed by atoms with Crippen molar-refractivity contribution in [3.8, 4) is 0 Å². The molecule has 0 saturated heterocycles. The minimum Gasteiger partial charge on any atom is -0.336 e. The molecule has 2 aromatic heterocycles. The molecule has 0 bridgehead atoms. The fourth-order valence-corrected chi connectivity index (χ4v) is 2.31. The van der Waals surface area contributed by atoms with Gasteiger partial charge in [0.05, 0.1) is 12.0 Å². The first-order chi connectivity index (χ1) is 9.36. The molecule has 0 aliphatic carbocycles. The van der Waals surface area contributed by atoms with Crippen LogP contribution in [-0.4, -0.2) is 25.4 Å². The number of hydrogen-bond donors (Lipinski definition) is 1. The summed E-state index contributed by atoms with van der Waals surface area (Å²) in [5.41, 5.74) is 2.53. The Morgan fingerprint density at radius 3 is 2.60 bits per heavy atom. The first-order valence-electron chi connectivity index (χ1n) is 7.04. The smallest absolute Gasteiger partial charge is 0.0946 e. The first-order valence-corrected chi connectivity index (χ1v) is 7.04. The maximum absolute atomic E-state index is 4.39. The van der Waals surface area contributed by atoms with Crippen LogP contribution in [0.1, 0.15) is 32.0 Å². The molecule has 0 fully saturated rings. The largest absolute Gasteiger partial charge is 0.336 e. The molecule has 0 aliphatic rings. The van der Waals surface area contributed by atoms with E-state index < -0.39 is 0 Å². The van der Waals surface area contributed by atoms with E-state index in [9.17, 15) is 0 Å². The number of imidazole rings is 1. The van der Waals surface area contributed by atoms with E-state index in [4.69, 9.17) is 0 Å². The molecule has 1 unspecified atom stereocenters. The fraction of sp³-hybridized carbons (Fsp3) is 0.600. The molecule has 5 nitrogen and oxygen atoms in total. The monoisotopic (exact) mass is 275 g/mol. The van der Waals surface area contributed by atoms with Crippen molar-refractivity contribution in [2.75, 3.05) is 0 Å². The Bertz CT molecular complexity index is 533. The quantitative estimate of drug-likeness (QED) is 0.909. The van der Waals surface area contributed by atoms with Gasteiger partial charge < -0.3 is 9.88 Å². The Kier molecular flexibility index (Phi) is 4.28. The van der Waals surface area contributed by atoms with E-state index >= 15 is 0 Å². The number of nitrogens with zero attached hydrogens (tertiary/aromatic N) is 4. The van der Waals surface area contributed by atoms with Crippen LogP contribution >= 0.6 is 0 Å². The van der Waals surface area contributed by atoms with E-state index in [1.165, 1.54) is 5.56 Å². The second kappa shape index (κ2) is 5.79. The third-order valence-electron chi connectivity index (χ3n) is 3.65. The minimum atomic E-state index is 0.181. The van der Waals surface area contributed by atoms with Crippen LogP contribution in [-0.2, 0) is 20.1 Å². The van der Waals surface area contributed by atoms with Crippen LogP contribution in [0, 0.1) is 12.3 Å². The van der Waals surface area contributed by atoms with Gasteiger partial charge in [-0.15, -0.1) is 0 Å². The van der Waals surface area contributed by atoms with Crippen LogP contribution < -0.4 is 5.32 Å². The molecule has 0 amide bonds. The van der Waals surface area contributed by atoms with Gasteiger partial charge in [-0.3, -0.25) is 4.68 Å². The van der Waals surface area contributed by atoms with Gasteiger partial charge in [-0.2, -0.15) is 5.10 Å². The van der Waals surface area contributed by atoms with E-state index in [1.54, 1.807) is 0 Å². The third kappa shape index (κ3) is 3.70. The summed E-state index contributed by atoms with van der Waals surface area (Å²) in [4.78, 5) is 4.11. The molecule has 0 radical (unpaired) electrons. The van der Waals surface area contributed by atoms with Crippen LogP contribution in [0.4, 0.5) is 0 Å². The molecule has 0 aliphatic heterocycles. The van der Waals surface area contributed by atoms with E-state index in [0.717, 1.165) is 18.8 Å². The summed E-state index contributed by atoms with van der Waals surface area (Å²) in [6.07, 6.45) is 7.79. The summed E-state index contributed by atoms with van der Waals surface area (Å²) in [5.74, 6) is 0. The van der Waals surface area contributed by atoms with Crippen molar-refractivity contribution in [3.05, 3.63) is 36.2 Å². The molecule has 5 heteroatoms. The van der Waals surface area contributed by atoms with E-state index in [0.29, 0.717) is 6.04 Å². The van der Waals surface area contributed by atoms with Crippen molar-refractivity contribution in [3.63, 3.8) is 0 Å². The van der Waals surface area contributed by atoms with Crippen LogP contribution in [0.15, 0.2) is 24.9 Å². The number of rotatable bonds is 5. The minimum absolute atomic E-state index is 0.181. The van der Waals surface area contributed by atoms with Crippen molar-refractivity contribution in [2.24, 2.45) is 12.5 Å². The van der Waals surface area contributed by atoms with Gasteiger partial charge in [0.2, 0.25) is 0 Å². The predicted molar refractivity (Wildman–Crippen MR) is 80.3 cm³/mol. The van der Waals surface area contributed by atoms with E-state index in [-0.39, 0.29) is 5.41 Å². The highest BCUT2D eigenvalue weighted by Gasteiger charge is 2.24. The lowest BCUT2D eigenvalue weighted by molar-refractivity contribution is 0.240. The van der Waals surface area contributed by atoms with Gasteiger partial charge in [-0.25, -0.2) is 4.98 Å². The highest BCUT2D eigenvalue weighted by molar-refractivity contribution is 5.15. The number of aromatic nitrogens is 4. The summed E-state index contributed by atoms with van der Waals surface area (Å²) >= 11 is 0. The van der Waals surface area contributed by atoms with Crippen LogP contribution in [0.3, 0.4) is 0 Å². The van der Waals surface area contributed by atoms with Gasteiger partial charge in [0.25, 0.3) is 0 Å². The normalized spacial score (nSPS) is 13.7. The summed E-state index contributed by atoms with van der Waals surface area (Å²) in [7, 11) is 1.96. The van der Waals surface area contributed by atoms with Gasteiger partial charge >= 0.3 is 0 Å². The molecule has 20 heavy (non-hydrogen) atoms. The van der Waals surface area contributed by atoms with E-state index in [2.05, 4.69) is 53.9 Å². The van der Waals surface area contributed by atoms with Crippen LogP contribution in [0.2, 0.25) is 0 Å². The van der Waals surface area contributed by atoms with Gasteiger partial charge in [0.15, 0.2) is 0 Å². The SMILES string of the molecule is Cc1nn(C)cc1CNC(Cn1ccnc1)C(C)(C)C. The number of aryl methyl sites for hydroxylation is 2. The fourth-order valence-electron chi connectivity index (χ4n) is 2.31. The van der Waals surface area contributed by atoms with Crippen LogP contribution in [0.25, 0.3) is 0 Å². The number of hydrogen-bond acceptors (Lipinski definition) is 3. The average molecular weight is 275 g/mol. The molecule has 110 valence electrons. The highest BCUT2D eigenvalue weighted by atomic mass is 15.3. The molecule has 0 spiro atoms. The maximum atomic E-state index is 4.39. The third-order valence-corrected chi connectivity index (χ3v) is 3.65. The zero-order valence-corrected chi connectivity index (χ0v) is 13.1. The summed E-state index contributed by atoms with van der Waals surface area (Å²) in [5, 5.41) is 8.05. The van der Waals surface area contributed by atoms with Crippen molar-refractivity contribution in [1.82, 2.24) is 24.6 Å². The second-order valence-corrected chi connectivity index (χ2v) is 6.47. The number of nitrogens with one attached hydrogen (secondary N) is 1. The molecule has 2 heterocycles. The van der Waals surface area contributed by atoms with Crippen molar-refractivity contribution >= 4 is 0 Å². The highest BCUT2D eigenvalue weighted by Crippen LogP contribution is 2.21. The van der Waals surface area contributed by atoms with Crippen molar-refractivity contribution in [1.29, 1.82) is 0 Å². The molecule has 0 aromatic carbocycles. The van der Waals surface area contributed by atoms with E-state index in [1.807, 2.05) is 30.5 Å². The molecular formula is C15H25N5. The van der Waals surface area contributed by atoms with Crippen LogP contribution in [0.5, 0.6) is 0 Å². The summed E-state index contributed by atoms with van der Waals surface area (Å²) < 4.78 is 3.99. The molecular weight excluding hydrogens is 250 g/mol. The Labute approximate surface area is 121 Å². The zero-order chi connectivity index (χ0) is 14.8. The van der Waals surface area contributed by atoms with Gasteiger partial charge in [0.1, 0.15) is 0 Å². The average Bonchev–Trinajstić information content (AvgIpc) is 2.93. The Balaban J connectivity index is 2.03. The standard InChI is InChI=1S/C15H25N5/c1-12-13(9-19(5)18-12)8-17-14(15(2,3)4)10-20-7-6-16-11-20/h6-7,9,11,14,17H,8,10H2,1-5H3. The Hall–Kier alpha value is -1.62. The molecule has 0 saturated carbocycles. The lowest BCUT2D eigenvalue weighted by Gasteiger charge is -2.32. The second-order valence-electron chi connectivity index (χ2n) is 6.47. The van der Waals surface area contributed by atoms with Gasteiger partial charge in [0, 0.05) is 50.3 Å². The summed E-state index contributed by atoms with van der Waals surface area (Å²) in [6.45, 7) is 10.6. The first kappa shape index (κ1) is 14.8. The Morgan fingerprint density at radius 2 is 2.10 bits per heavy atom. The molecule has 2 rings (SSSR count). The van der Waals surface area contributed by atoms with Gasteiger partial charge in [-0.05, 0) is 12.3 Å². The lowest BCUT2D eigenvalue weighted by atomic mass is 9.86. The summed E-state index contributed by atoms with van der Waals surface area (Å²) in [6, 6.07) is 0.372. The van der Waals surface area contributed by atoms with Crippen molar-refractivity contribution < 1.29 is 0 Å². The van der Waals surface area contributed by atoms with Gasteiger partial charge in [-0.1, -0.05) is 20.8 Å². The lowest BCUT2D eigenvalue weighted by Crippen LogP contribution is -2.43. The Morgan fingerprint density at radius 1 is 1.35 bits per heavy atom. The molecule has 1 atom stereocenters. The van der Waals surface area contributed by atoms with Crippen molar-refractivity contribution in [2.45, 2.75) is 46.8 Å².